The molecule has 0 radical (unpaired) electrons. The lowest BCUT2D eigenvalue weighted by molar-refractivity contribution is -0.118. The summed E-state index contributed by atoms with van der Waals surface area (Å²) >= 11 is 0. The summed E-state index contributed by atoms with van der Waals surface area (Å²) < 4.78 is 33.2. The monoisotopic (exact) mass is 452 g/mol. The zero-order valence-electron chi connectivity index (χ0n) is 18.8. The quantitative estimate of drug-likeness (QED) is 0.515. The SMILES string of the molecule is COc1ccc(S(=O)(=O)N(CC(=O)N(C)c2ccc(C)c(C)c2)Cc2ccccc2)cc1. The summed E-state index contributed by atoms with van der Waals surface area (Å²) in [6, 6.07) is 21.1. The number of likely N-dealkylation sites (N-methyl/N-ethyl adjacent to an activating group) is 1. The van der Waals surface area contributed by atoms with Gasteiger partial charge in [0.05, 0.1) is 18.6 Å². The smallest absolute Gasteiger partial charge is 0.243 e. The van der Waals surface area contributed by atoms with Gasteiger partial charge in [0, 0.05) is 19.3 Å². The zero-order valence-corrected chi connectivity index (χ0v) is 19.6. The number of sulfonamides is 1. The first-order chi connectivity index (χ1) is 15.2. The molecule has 0 saturated heterocycles. The van der Waals surface area contributed by atoms with Gasteiger partial charge >= 0.3 is 0 Å². The molecule has 6 nitrogen and oxygen atoms in total. The molecule has 0 atom stereocenters. The summed E-state index contributed by atoms with van der Waals surface area (Å²) in [5, 5.41) is 0. The van der Waals surface area contributed by atoms with E-state index in [0.29, 0.717) is 5.75 Å². The van der Waals surface area contributed by atoms with E-state index in [-0.39, 0.29) is 23.9 Å². The largest absolute Gasteiger partial charge is 0.497 e. The van der Waals surface area contributed by atoms with Crippen LogP contribution in [0.3, 0.4) is 0 Å². The third-order valence-electron chi connectivity index (χ3n) is 5.46. The van der Waals surface area contributed by atoms with E-state index in [4.69, 9.17) is 4.74 Å². The minimum Gasteiger partial charge on any atom is -0.497 e. The lowest BCUT2D eigenvalue weighted by atomic mass is 10.1. The predicted octanol–water partition coefficient (Wildman–Crippen LogP) is 4.17. The zero-order chi connectivity index (χ0) is 23.3. The maximum Gasteiger partial charge on any atom is 0.243 e. The van der Waals surface area contributed by atoms with Crippen LogP contribution in [0.1, 0.15) is 16.7 Å². The Morgan fingerprint density at radius 1 is 0.906 bits per heavy atom. The Balaban J connectivity index is 1.91. The van der Waals surface area contributed by atoms with E-state index in [9.17, 15) is 13.2 Å². The molecule has 0 aliphatic rings. The number of aryl methyl sites for hydroxylation is 2. The molecule has 0 aliphatic carbocycles. The van der Waals surface area contributed by atoms with E-state index in [1.54, 1.807) is 19.2 Å². The van der Waals surface area contributed by atoms with Gasteiger partial charge in [-0.2, -0.15) is 4.31 Å². The molecule has 3 aromatic rings. The summed E-state index contributed by atoms with van der Waals surface area (Å²) in [5.74, 6) is 0.241. The number of rotatable bonds is 8. The van der Waals surface area contributed by atoms with Crippen LogP contribution < -0.4 is 9.64 Å². The molecule has 3 rings (SSSR count). The third-order valence-corrected chi connectivity index (χ3v) is 7.27. The van der Waals surface area contributed by atoms with Crippen molar-refractivity contribution in [2.24, 2.45) is 0 Å². The van der Waals surface area contributed by atoms with Gasteiger partial charge in [-0.3, -0.25) is 4.79 Å². The van der Waals surface area contributed by atoms with Crippen LogP contribution in [0.15, 0.2) is 77.7 Å². The standard InChI is InChI=1S/C25H28N2O4S/c1-19-10-11-22(16-20(19)2)26(3)25(28)18-27(17-21-8-6-5-7-9-21)32(29,30)24-14-12-23(31-4)13-15-24/h5-16H,17-18H2,1-4H3. The first-order valence-electron chi connectivity index (χ1n) is 10.2. The highest BCUT2D eigenvalue weighted by atomic mass is 32.2. The molecule has 0 heterocycles. The van der Waals surface area contributed by atoms with E-state index in [1.807, 2.05) is 62.4 Å². The molecule has 0 aromatic heterocycles. The summed E-state index contributed by atoms with van der Waals surface area (Å²) in [6.07, 6.45) is 0. The maximum absolute atomic E-state index is 13.4. The summed E-state index contributed by atoms with van der Waals surface area (Å²) in [7, 11) is -0.739. The van der Waals surface area contributed by atoms with E-state index < -0.39 is 10.0 Å². The number of carbonyl (C=O) groups excluding carboxylic acids is 1. The average molecular weight is 453 g/mol. The Bertz CT molecular complexity index is 1180. The molecule has 0 spiro atoms. The van der Waals surface area contributed by atoms with Crippen LogP contribution in [0.4, 0.5) is 5.69 Å². The molecule has 0 N–H and O–H groups in total. The third kappa shape index (κ3) is 5.36. The molecule has 32 heavy (non-hydrogen) atoms. The van der Waals surface area contributed by atoms with Crippen molar-refractivity contribution in [1.82, 2.24) is 4.31 Å². The Labute approximate surface area is 190 Å². The average Bonchev–Trinajstić information content (AvgIpc) is 2.80. The molecule has 168 valence electrons. The first kappa shape index (κ1) is 23.5. The second-order valence-corrected chi connectivity index (χ2v) is 9.59. The number of benzene rings is 3. The van der Waals surface area contributed by atoms with Crippen molar-refractivity contribution >= 4 is 21.6 Å². The van der Waals surface area contributed by atoms with Gasteiger partial charge in [0.2, 0.25) is 15.9 Å². The lowest BCUT2D eigenvalue weighted by Gasteiger charge is -2.25. The van der Waals surface area contributed by atoms with Crippen molar-refractivity contribution < 1.29 is 17.9 Å². The number of amides is 1. The van der Waals surface area contributed by atoms with Gasteiger partial charge in [0.1, 0.15) is 5.75 Å². The maximum atomic E-state index is 13.4. The minimum absolute atomic E-state index is 0.0850. The molecule has 0 bridgehead atoms. The van der Waals surface area contributed by atoms with Crippen LogP contribution in [-0.4, -0.2) is 39.3 Å². The highest BCUT2D eigenvalue weighted by Crippen LogP contribution is 2.23. The second-order valence-electron chi connectivity index (χ2n) is 7.66. The number of carbonyl (C=O) groups is 1. The summed E-state index contributed by atoms with van der Waals surface area (Å²) in [6.45, 7) is 3.78. The number of methoxy groups -OCH3 is 1. The molecule has 3 aromatic carbocycles. The van der Waals surface area contributed by atoms with Gasteiger partial charge in [0.15, 0.2) is 0 Å². The summed E-state index contributed by atoms with van der Waals surface area (Å²) in [4.78, 5) is 14.7. The second kappa shape index (κ2) is 9.97. The molecule has 0 aliphatic heterocycles. The summed E-state index contributed by atoms with van der Waals surface area (Å²) in [5.41, 5.74) is 3.71. The normalized spacial score (nSPS) is 11.4. The van der Waals surface area contributed by atoms with Crippen molar-refractivity contribution in [3.8, 4) is 5.75 Å². The Kier molecular flexibility index (Phi) is 7.33. The Morgan fingerprint density at radius 3 is 2.16 bits per heavy atom. The molecular weight excluding hydrogens is 424 g/mol. The van der Waals surface area contributed by atoms with Crippen LogP contribution in [0.25, 0.3) is 0 Å². The Hall–Kier alpha value is -3.16. The molecule has 1 amide bonds. The van der Waals surface area contributed by atoms with Crippen molar-refractivity contribution in [2.45, 2.75) is 25.3 Å². The molecule has 0 fully saturated rings. The van der Waals surface area contributed by atoms with Crippen molar-refractivity contribution in [1.29, 1.82) is 0 Å². The Morgan fingerprint density at radius 2 is 1.56 bits per heavy atom. The van der Waals surface area contributed by atoms with Gasteiger partial charge in [-0.1, -0.05) is 36.4 Å². The van der Waals surface area contributed by atoms with E-state index >= 15 is 0 Å². The molecule has 0 saturated carbocycles. The van der Waals surface area contributed by atoms with Crippen LogP contribution in [-0.2, 0) is 21.4 Å². The number of hydrogen-bond acceptors (Lipinski definition) is 4. The van der Waals surface area contributed by atoms with Crippen molar-refractivity contribution in [3.05, 3.63) is 89.5 Å². The highest BCUT2D eigenvalue weighted by Gasteiger charge is 2.28. The fourth-order valence-electron chi connectivity index (χ4n) is 3.24. The van der Waals surface area contributed by atoms with Crippen LogP contribution in [0.5, 0.6) is 5.75 Å². The first-order valence-corrected chi connectivity index (χ1v) is 11.7. The molecule has 7 heteroatoms. The fourth-order valence-corrected chi connectivity index (χ4v) is 4.62. The van der Waals surface area contributed by atoms with Crippen LogP contribution in [0.2, 0.25) is 0 Å². The number of nitrogens with zero attached hydrogens (tertiary/aromatic N) is 2. The number of ether oxygens (including phenoxy) is 1. The van der Waals surface area contributed by atoms with Crippen molar-refractivity contribution in [3.63, 3.8) is 0 Å². The van der Waals surface area contributed by atoms with Gasteiger partial charge in [-0.15, -0.1) is 0 Å². The molecule has 0 unspecified atom stereocenters. The lowest BCUT2D eigenvalue weighted by Crippen LogP contribution is -2.41. The highest BCUT2D eigenvalue weighted by molar-refractivity contribution is 7.89. The van der Waals surface area contributed by atoms with Crippen molar-refractivity contribution in [2.75, 3.05) is 25.6 Å². The van der Waals surface area contributed by atoms with Crippen LogP contribution >= 0.6 is 0 Å². The fraction of sp³-hybridized carbons (Fsp3) is 0.240. The molecular formula is C25H28N2O4S. The predicted molar refractivity (Wildman–Crippen MR) is 126 cm³/mol. The number of hydrogen-bond donors (Lipinski definition) is 0. The number of anilines is 1. The van der Waals surface area contributed by atoms with Gasteiger partial charge in [-0.25, -0.2) is 8.42 Å². The van der Waals surface area contributed by atoms with Gasteiger partial charge < -0.3 is 9.64 Å². The van der Waals surface area contributed by atoms with E-state index in [2.05, 4.69) is 0 Å². The van der Waals surface area contributed by atoms with Crippen LogP contribution in [0, 0.1) is 13.8 Å². The van der Waals surface area contributed by atoms with Gasteiger partial charge in [0.25, 0.3) is 0 Å². The van der Waals surface area contributed by atoms with E-state index in [0.717, 1.165) is 22.4 Å². The van der Waals surface area contributed by atoms with Gasteiger partial charge in [-0.05, 0) is 66.9 Å². The van der Waals surface area contributed by atoms with E-state index in [1.165, 1.54) is 28.4 Å². The topological polar surface area (TPSA) is 66.9 Å². The minimum atomic E-state index is -3.92.